The van der Waals surface area contributed by atoms with Crippen molar-refractivity contribution < 1.29 is 8.83 Å². The van der Waals surface area contributed by atoms with Crippen LogP contribution in [0, 0.1) is 0 Å². The zero-order valence-corrected chi connectivity index (χ0v) is 36.6. The third kappa shape index (κ3) is 5.97. The molecular formula is C63H43NO2. The van der Waals surface area contributed by atoms with E-state index in [2.05, 4.69) is 219 Å². The van der Waals surface area contributed by atoms with Crippen molar-refractivity contribution in [3.63, 3.8) is 0 Å². The van der Waals surface area contributed by atoms with Crippen LogP contribution in [0.15, 0.2) is 233 Å². The van der Waals surface area contributed by atoms with Gasteiger partial charge < -0.3 is 13.7 Å². The molecule has 0 spiro atoms. The average Bonchev–Trinajstić information content (AvgIpc) is 4.02. The van der Waals surface area contributed by atoms with Crippen molar-refractivity contribution in [3.8, 4) is 55.6 Å². The molecule has 0 aliphatic heterocycles. The average molecular weight is 846 g/mol. The van der Waals surface area contributed by atoms with E-state index in [9.17, 15) is 0 Å². The Morgan fingerprint density at radius 3 is 1.62 bits per heavy atom. The summed E-state index contributed by atoms with van der Waals surface area (Å²) in [6.07, 6.45) is 0. The van der Waals surface area contributed by atoms with E-state index in [0.717, 1.165) is 88.8 Å². The van der Waals surface area contributed by atoms with Gasteiger partial charge in [-0.05, 0) is 116 Å². The molecule has 0 bridgehead atoms. The Labute approximate surface area is 383 Å². The molecule has 0 N–H and O–H groups in total. The highest BCUT2D eigenvalue weighted by Crippen LogP contribution is 2.51. The van der Waals surface area contributed by atoms with Gasteiger partial charge in [0.05, 0.1) is 5.69 Å². The summed E-state index contributed by atoms with van der Waals surface area (Å²) in [7, 11) is 0. The van der Waals surface area contributed by atoms with E-state index in [1.165, 1.54) is 38.9 Å². The number of anilines is 3. The van der Waals surface area contributed by atoms with Gasteiger partial charge in [0.1, 0.15) is 22.3 Å². The molecule has 0 unspecified atom stereocenters. The lowest BCUT2D eigenvalue weighted by Gasteiger charge is -2.29. The number of hydrogen-bond donors (Lipinski definition) is 0. The largest absolute Gasteiger partial charge is 0.456 e. The fourth-order valence-corrected chi connectivity index (χ4v) is 10.7. The predicted molar refractivity (Wildman–Crippen MR) is 275 cm³/mol. The molecule has 0 atom stereocenters. The van der Waals surface area contributed by atoms with E-state index in [-0.39, 0.29) is 5.41 Å². The first kappa shape index (κ1) is 38.1. The minimum Gasteiger partial charge on any atom is -0.456 e. The van der Waals surface area contributed by atoms with Gasteiger partial charge in [0.25, 0.3) is 0 Å². The molecule has 0 saturated heterocycles. The number of rotatable bonds is 7. The van der Waals surface area contributed by atoms with Crippen LogP contribution in [-0.4, -0.2) is 0 Å². The summed E-state index contributed by atoms with van der Waals surface area (Å²) in [5.74, 6) is 0. The lowest BCUT2D eigenvalue weighted by Crippen LogP contribution is -2.14. The van der Waals surface area contributed by atoms with Crippen LogP contribution in [0.4, 0.5) is 17.1 Å². The molecule has 3 heteroatoms. The summed E-state index contributed by atoms with van der Waals surface area (Å²) in [5, 5.41) is 4.51. The van der Waals surface area contributed by atoms with Gasteiger partial charge in [-0.2, -0.15) is 0 Å². The predicted octanol–water partition coefficient (Wildman–Crippen LogP) is 17.9. The molecule has 3 nitrogen and oxygen atoms in total. The highest BCUT2D eigenvalue weighted by Gasteiger charge is 2.35. The van der Waals surface area contributed by atoms with Crippen LogP contribution in [-0.2, 0) is 5.41 Å². The Morgan fingerprint density at radius 2 is 0.848 bits per heavy atom. The third-order valence-corrected chi connectivity index (χ3v) is 13.9. The Bertz CT molecular complexity index is 3850. The van der Waals surface area contributed by atoms with Crippen LogP contribution >= 0.6 is 0 Å². The molecule has 0 fully saturated rings. The van der Waals surface area contributed by atoms with Gasteiger partial charge in [0.2, 0.25) is 0 Å². The third-order valence-electron chi connectivity index (χ3n) is 13.9. The maximum absolute atomic E-state index is 6.49. The molecule has 12 aromatic rings. The van der Waals surface area contributed by atoms with Crippen LogP contribution in [0.5, 0.6) is 0 Å². The SMILES string of the molecule is CC1(C)c2ccccc2-c2cc(-c3ccccc3-c3ccccc3N(c3ccc(-c4ccc5c(c4)oc4ccccc45)cc3)c3ccc(-c4cccc5c4oc4ccccc45)cc3)ccc21. The van der Waals surface area contributed by atoms with E-state index < -0.39 is 0 Å². The van der Waals surface area contributed by atoms with Gasteiger partial charge in [-0.1, -0.05) is 178 Å². The van der Waals surface area contributed by atoms with E-state index in [4.69, 9.17) is 8.83 Å². The summed E-state index contributed by atoms with van der Waals surface area (Å²) in [6.45, 7) is 4.68. The number of para-hydroxylation sites is 4. The molecule has 0 radical (unpaired) electrons. The number of nitrogens with zero attached hydrogens (tertiary/aromatic N) is 1. The van der Waals surface area contributed by atoms with Crippen molar-refractivity contribution in [1.29, 1.82) is 0 Å². The van der Waals surface area contributed by atoms with E-state index >= 15 is 0 Å². The number of benzene rings is 10. The molecule has 0 amide bonds. The standard InChI is InChI=1S/C63H43NO2/c1-63(2)56-22-9-5-16-49(56)55-38-43(31-37-57(55)63)46-14-3-4-15-48(46)50-17-6-10-23-58(50)64(44-32-26-40(27-33-44)42-30-36-53-51-18-7-11-24-59(51)65-61(53)39-42)45-34-28-41(29-35-45)47-20-13-21-54-52-19-8-12-25-60(52)66-62(47)54/h3-39H,1-2H3. The van der Waals surface area contributed by atoms with Crippen molar-refractivity contribution in [2.45, 2.75) is 19.3 Å². The number of hydrogen-bond acceptors (Lipinski definition) is 3. The van der Waals surface area contributed by atoms with Gasteiger partial charge in [0, 0.05) is 49.5 Å². The number of furan rings is 2. The highest BCUT2D eigenvalue weighted by atomic mass is 16.3. The Morgan fingerprint density at radius 1 is 0.318 bits per heavy atom. The molecular weight excluding hydrogens is 803 g/mol. The molecule has 1 aliphatic carbocycles. The smallest absolute Gasteiger partial charge is 0.143 e. The first-order chi connectivity index (χ1) is 32.5. The normalized spacial score (nSPS) is 12.8. The summed E-state index contributed by atoms with van der Waals surface area (Å²) < 4.78 is 12.8. The maximum Gasteiger partial charge on any atom is 0.143 e. The van der Waals surface area contributed by atoms with Gasteiger partial charge in [0.15, 0.2) is 0 Å². The first-order valence-electron chi connectivity index (χ1n) is 22.7. The fourth-order valence-electron chi connectivity index (χ4n) is 10.7. The van der Waals surface area contributed by atoms with Crippen molar-refractivity contribution in [2.24, 2.45) is 0 Å². The van der Waals surface area contributed by atoms with Gasteiger partial charge >= 0.3 is 0 Å². The summed E-state index contributed by atoms with van der Waals surface area (Å²) >= 11 is 0. The molecule has 2 aromatic heterocycles. The lowest BCUT2D eigenvalue weighted by atomic mass is 9.82. The van der Waals surface area contributed by atoms with Crippen molar-refractivity contribution >= 4 is 60.9 Å². The molecule has 66 heavy (non-hydrogen) atoms. The molecule has 0 saturated carbocycles. The zero-order valence-electron chi connectivity index (χ0n) is 36.6. The van der Waals surface area contributed by atoms with Crippen LogP contribution in [0.25, 0.3) is 99.5 Å². The molecule has 13 rings (SSSR count). The van der Waals surface area contributed by atoms with E-state index in [1.54, 1.807) is 0 Å². The first-order valence-corrected chi connectivity index (χ1v) is 22.7. The summed E-state index contributed by atoms with van der Waals surface area (Å²) in [6, 6.07) is 81.0. The minimum absolute atomic E-state index is 0.0546. The van der Waals surface area contributed by atoms with Crippen molar-refractivity contribution in [2.75, 3.05) is 4.90 Å². The van der Waals surface area contributed by atoms with E-state index in [0.29, 0.717) is 0 Å². The topological polar surface area (TPSA) is 29.5 Å². The highest BCUT2D eigenvalue weighted by molar-refractivity contribution is 6.10. The van der Waals surface area contributed by atoms with Gasteiger partial charge in [-0.25, -0.2) is 0 Å². The lowest BCUT2D eigenvalue weighted by molar-refractivity contribution is 0.660. The van der Waals surface area contributed by atoms with Gasteiger partial charge in [-0.3, -0.25) is 0 Å². The second-order valence-corrected chi connectivity index (χ2v) is 18.0. The quantitative estimate of drug-likeness (QED) is 0.160. The van der Waals surface area contributed by atoms with Crippen LogP contribution < -0.4 is 4.90 Å². The second kappa shape index (κ2) is 14.8. The monoisotopic (exact) mass is 845 g/mol. The molecule has 1 aliphatic rings. The Balaban J connectivity index is 0.942. The Hall–Kier alpha value is -8.40. The minimum atomic E-state index is -0.0546. The summed E-state index contributed by atoms with van der Waals surface area (Å²) in [4.78, 5) is 2.39. The maximum atomic E-state index is 6.49. The number of fused-ring (bicyclic) bond motifs is 9. The molecule has 312 valence electrons. The summed E-state index contributed by atoms with van der Waals surface area (Å²) in [5.41, 5.74) is 21.2. The van der Waals surface area contributed by atoms with Crippen LogP contribution in [0.3, 0.4) is 0 Å². The van der Waals surface area contributed by atoms with Crippen LogP contribution in [0.2, 0.25) is 0 Å². The van der Waals surface area contributed by atoms with E-state index in [1.807, 2.05) is 24.3 Å². The second-order valence-electron chi connectivity index (χ2n) is 18.0. The Kier molecular flexibility index (Phi) is 8.56. The fraction of sp³-hybridized carbons (Fsp3) is 0.0476. The van der Waals surface area contributed by atoms with Gasteiger partial charge in [-0.15, -0.1) is 0 Å². The molecule has 2 heterocycles. The van der Waals surface area contributed by atoms with Crippen molar-refractivity contribution in [3.05, 3.63) is 236 Å². The van der Waals surface area contributed by atoms with Crippen molar-refractivity contribution in [1.82, 2.24) is 0 Å². The zero-order chi connectivity index (χ0) is 43.9. The molecule has 10 aromatic carbocycles. The van der Waals surface area contributed by atoms with Crippen LogP contribution in [0.1, 0.15) is 25.0 Å².